The third kappa shape index (κ3) is 2.57. The molecule has 11 heavy (non-hydrogen) atoms. The van der Waals surface area contributed by atoms with Crippen molar-refractivity contribution in [2.75, 3.05) is 0 Å². The average molecular weight is 157 g/mol. The standard InChI is InChI=1S/C7H11NO3/c9-6-3-1-2-5(4-6)8-7(10)11/h5,8H,1-4H2,(H,10,11). The van der Waals surface area contributed by atoms with Crippen molar-refractivity contribution in [3.8, 4) is 0 Å². The highest BCUT2D eigenvalue weighted by Crippen LogP contribution is 2.14. The fraction of sp³-hybridized carbons (Fsp3) is 0.714. The Morgan fingerprint density at radius 1 is 1.64 bits per heavy atom. The predicted molar refractivity (Wildman–Crippen MR) is 38.4 cm³/mol. The van der Waals surface area contributed by atoms with E-state index in [0.717, 1.165) is 12.8 Å². The van der Waals surface area contributed by atoms with Gasteiger partial charge in [0.15, 0.2) is 0 Å². The second-order valence-corrected chi connectivity index (χ2v) is 2.78. The molecular formula is C7H11NO3. The molecule has 0 radical (unpaired) electrons. The van der Waals surface area contributed by atoms with Gasteiger partial charge >= 0.3 is 6.09 Å². The minimum atomic E-state index is -1.04. The molecule has 1 amide bonds. The summed E-state index contributed by atoms with van der Waals surface area (Å²) in [5.74, 6) is 0.162. The van der Waals surface area contributed by atoms with E-state index in [0.29, 0.717) is 12.8 Å². The molecule has 1 rings (SSSR count). The van der Waals surface area contributed by atoms with Crippen LogP contribution >= 0.6 is 0 Å². The molecule has 4 heteroatoms. The number of carbonyl (C=O) groups excluding carboxylic acids is 1. The summed E-state index contributed by atoms with van der Waals surface area (Å²) in [6.45, 7) is 0. The molecular weight excluding hydrogens is 146 g/mol. The van der Waals surface area contributed by atoms with Crippen LogP contribution in [0.4, 0.5) is 4.79 Å². The smallest absolute Gasteiger partial charge is 0.404 e. The zero-order valence-electron chi connectivity index (χ0n) is 6.17. The van der Waals surface area contributed by atoms with E-state index in [1.807, 2.05) is 0 Å². The molecule has 0 aromatic heterocycles. The molecule has 1 aliphatic rings. The van der Waals surface area contributed by atoms with E-state index in [1.165, 1.54) is 0 Å². The van der Waals surface area contributed by atoms with Crippen molar-refractivity contribution in [1.82, 2.24) is 5.32 Å². The Morgan fingerprint density at radius 2 is 2.36 bits per heavy atom. The maximum Gasteiger partial charge on any atom is 0.404 e. The van der Waals surface area contributed by atoms with E-state index in [2.05, 4.69) is 5.32 Å². The second-order valence-electron chi connectivity index (χ2n) is 2.78. The lowest BCUT2D eigenvalue weighted by Gasteiger charge is -2.19. The number of ketones is 1. The van der Waals surface area contributed by atoms with Gasteiger partial charge < -0.3 is 10.4 Å². The quantitative estimate of drug-likeness (QED) is 0.590. The molecule has 4 nitrogen and oxygen atoms in total. The first-order chi connectivity index (χ1) is 5.18. The van der Waals surface area contributed by atoms with Crippen molar-refractivity contribution >= 4 is 11.9 Å². The SMILES string of the molecule is O=C1CCCC(NC(=O)O)C1. The molecule has 1 aliphatic carbocycles. The van der Waals surface area contributed by atoms with Gasteiger partial charge in [0.05, 0.1) is 0 Å². The van der Waals surface area contributed by atoms with E-state index < -0.39 is 6.09 Å². The number of carboxylic acid groups (broad SMARTS) is 1. The first-order valence-electron chi connectivity index (χ1n) is 3.69. The van der Waals surface area contributed by atoms with Gasteiger partial charge in [0.25, 0.3) is 0 Å². The van der Waals surface area contributed by atoms with Gasteiger partial charge in [-0.05, 0) is 12.8 Å². The van der Waals surface area contributed by atoms with Crippen LogP contribution < -0.4 is 5.32 Å². The summed E-state index contributed by atoms with van der Waals surface area (Å²) < 4.78 is 0. The molecule has 0 saturated heterocycles. The Bertz CT molecular complexity index is 177. The highest BCUT2D eigenvalue weighted by Gasteiger charge is 2.20. The van der Waals surface area contributed by atoms with Gasteiger partial charge in [0.2, 0.25) is 0 Å². The van der Waals surface area contributed by atoms with Crippen LogP contribution in [0, 0.1) is 0 Å². The summed E-state index contributed by atoms with van der Waals surface area (Å²) in [6, 6.07) is -0.145. The van der Waals surface area contributed by atoms with Crippen molar-refractivity contribution < 1.29 is 14.7 Å². The molecule has 1 fully saturated rings. The minimum Gasteiger partial charge on any atom is -0.465 e. The lowest BCUT2D eigenvalue weighted by Crippen LogP contribution is -2.37. The van der Waals surface area contributed by atoms with E-state index in [4.69, 9.17) is 5.11 Å². The van der Waals surface area contributed by atoms with Crippen molar-refractivity contribution in [2.45, 2.75) is 31.7 Å². The van der Waals surface area contributed by atoms with Gasteiger partial charge in [-0.25, -0.2) is 4.79 Å². The number of hydrogen-bond acceptors (Lipinski definition) is 2. The number of Topliss-reactive ketones (excluding diaryl/α,β-unsaturated/α-hetero) is 1. The largest absolute Gasteiger partial charge is 0.465 e. The van der Waals surface area contributed by atoms with E-state index in [9.17, 15) is 9.59 Å². The summed E-state index contributed by atoms with van der Waals surface area (Å²) in [4.78, 5) is 21.0. The first-order valence-corrected chi connectivity index (χ1v) is 3.69. The highest BCUT2D eigenvalue weighted by molar-refractivity contribution is 5.80. The highest BCUT2D eigenvalue weighted by atomic mass is 16.4. The molecule has 0 aromatic rings. The first kappa shape index (κ1) is 8.04. The lowest BCUT2D eigenvalue weighted by molar-refractivity contribution is -0.120. The van der Waals surface area contributed by atoms with Gasteiger partial charge in [-0.2, -0.15) is 0 Å². The number of hydrogen-bond donors (Lipinski definition) is 2. The van der Waals surface area contributed by atoms with Crippen molar-refractivity contribution in [1.29, 1.82) is 0 Å². The third-order valence-electron chi connectivity index (χ3n) is 1.81. The molecule has 1 saturated carbocycles. The van der Waals surface area contributed by atoms with E-state index in [1.54, 1.807) is 0 Å². The fourth-order valence-electron chi connectivity index (χ4n) is 1.32. The summed E-state index contributed by atoms with van der Waals surface area (Å²) in [5.41, 5.74) is 0. The zero-order chi connectivity index (χ0) is 8.27. The Kier molecular flexibility index (Phi) is 2.46. The summed E-state index contributed by atoms with van der Waals surface area (Å²) in [5, 5.41) is 10.6. The fourth-order valence-corrected chi connectivity index (χ4v) is 1.32. The van der Waals surface area contributed by atoms with Crippen LogP contribution in [0.15, 0.2) is 0 Å². The van der Waals surface area contributed by atoms with E-state index in [-0.39, 0.29) is 11.8 Å². The number of rotatable bonds is 1. The molecule has 62 valence electrons. The molecule has 0 heterocycles. The van der Waals surface area contributed by atoms with Crippen LogP contribution in [-0.2, 0) is 4.79 Å². The third-order valence-corrected chi connectivity index (χ3v) is 1.81. The van der Waals surface area contributed by atoms with Gasteiger partial charge in [0.1, 0.15) is 5.78 Å². The molecule has 2 N–H and O–H groups in total. The van der Waals surface area contributed by atoms with Crippen LogP contribution in [0.2, 0.25) is 0 Å². The van der Waals surface area contributed by atoms with Gasteiger partial charge in [-0.1, -0.05) is 0 Å². The van der Waals surface area contributed by atoms with Crippen molar-refractivity contribution in [3.05, 3.63) is 0 Å². The maximum absolute atomic E-state index is 10.8. The number of carbonyl (C=O) groups is 2. The number of amides is 1. The van der Waals surface area contributed by atoms with Crippen LogP contribution in [0.3, 0.4) is 0 Å². The average Bonchev–Trinajstić information content (AvgIpc) is 1.85. The van der Waals surface area contributed by atoms with E-state index >= 15 is 0 Å². The van der Waals surface area contributed by atoms with Crippen molar-refractivity contribution in [2.24, 2.45) is 0 Å². The number of nitrogens with one attached hydrogen (secondary N) is 1. The van der Waals surface area contributed by atoms with Crippen LogP contribution in [-0.4, -0.2) is 23.0 Å². The van der Waals surface area contributed by atoms with Gasteiger partial charge in [-0.3, -0.25) is 4.79 Å². The molecule has 0 bridgehead atoms. The summed E-state index contributed by atoms with van der Waals surface area (Å²) in [6.07, 6.45) is 1.54. The monoisotopic (exact) mass is 157 g/mol. The predicted octanol–water partition coefficient (Wildman–Crippen LogP) is 0.766. The maximum atomic E-state index is 10.8. The second kappa shape index (κ2) is 3.37. The van der Waals surface area contributed by atoms with Crippen LogP contribution in [0.1, 0.15) is 25.7 Å². The molecule has 1 atom stereocenters. The molecule has 0 aliphatic heterocycles. The summed E-state index contributed by atoms with van der Waals surface area (Å²) in [7, 11) is 0. The Balaban J connectivity index is 2.34. The lowest BCUT2D eigenvalue weighted by atomic mass is 9.94. The van der Waals surface area contributed by atoms with Crippen molar-refractivity contribution in [3.63, 3.8) is 0 Å². The molecule has 0 spiro atoms. The molecule has 0 aromatic carbocycles. The Labute approximate surface area is 64.6 Å². The van der Waals surface area contributed by atoms with Gasteiger partial charge in [-0.15, -0.1) is 0 Å². The zero-order valence-corrected chi connectivity index (χ0v) is 6.17. The van der Waals surface area contributed by atoms with Crippen LogP contribution in [0.5, 0.6) is 0 Å². The molecule has 1 unspecified atom stereocenters. The van der Waals surface area contributed by atoms with Gasteiger partial charge in [0, 0.05) is 18.9 Å². The van der Waals surface area contributed by atoms with Crippen LogP contribution in [0.25, 0.3) is 0 Å². The topological polar surface area (TPSA) is 66.4 Å². The minimum absolute atomic E-state index is 0.145. The Hall–Kier alpha value is -1.06. The normalized spacial score (nSPS) is 24.7. The summed E-state index contributed by atoms with van der Waals surface area (Å²) >= 11 is 0. The Morgan fingerprint density at radius 3 is 2.91 bits per heavy atom.